The fourth-order valence-electron chi connectivity index (χ4n) is 3.47. The zero-order valence-electron chi connectivity index (χ0n) is 17.2. The monoisotopic (exact) mass is 511 g/mol. The van der Waals surface area contributed by atoms with Crippen LogP contribution in [0.3, 0.4) is 0 Å². The van der Waals surface area contributed by atoms with Crippen molar-refractivity contribution in [2.45, 2.75) is 19.8 Å². The van der Waals surface area contributed by atoms with Crippen molar-refractivity contribution < 1.29 is 14.5 Å². The normalized spacial score (nSPS) is 15.8. The van der Waals surface area contributed by atoms with Crippen LogP contribution in [0.4, 0.5) is 5.69 Å². The second kappa shape index (κ2) is 9.94. The van der Waals surface area contributed by atoms with E-state index < -0.39 is 10.8 Å². The topological polar surface area (TPSA) is 113 Å². The zero-order chi connectivity index (χ0) is 23.4. The number of nitro groups is 1. The van der Waals surface area contributed by atoms with E-state index >= 15 is 0 Å². The number of halogens is 1. The number of hydrogen-bond acceptors (Lipinski definition) is 7. The van der Waals surface area contributed by atoms with E-state index in [0.29, 0.717) is 27.4 Å². The molecule has 1 atom stereocenters. The summed E-state index contributed by atoms with van der Waals surface area (Å²) in [6.45, 7) is 3.24. The summed E-state index contributed by atoms with van der Waals surface area (Å²) in [6, 6.07) is 15.0. The standard InChI is InChI=1S/C23H18BrN3O4S/c1-13-21(14(2)28)22(16-3-7-17(24)8-4-16)19(11-25)23(26-13)32-12-20(29)15-5-9-18(10-6-15)27(30)31/h3-10,22,26H,12H2,1-2H3/t22-/m1/s1. The number of nitrogens with one attached hydrogen (secondary N) is 1. The van der Waals surface area contributed by atoms with Gasteiger partial charge in [0, 0.05) is 33.4 Å². The maximum Gasteiger partial charge on any atom is 0.269 e. The van der Waals surface area contributed by atoms with Gasteiger partial charge in [-0.25, -0.2) is 0 Å². The molecule has 9 heteroatoms. The summed E-state index contributed by atoms with van der Waals surface area (Å²) in [7, 11) is 0. The third-order valence-electron chi connectivity index (χ3n) is 4.98. The Kier molecular flexibility index (Phi) is 7.28. The molecule has 32 heavy (non-hydrogen) atoms. The van der Waals surface area contributed by atoms with E-state index in [1.54, 1.807) is 6.92 Å². The van der Waals surface area contributed by atoms with Gasteiger partial charge in [0.2, 0.25) is 0 Å². The summed E-state index contributed by atoms with van der Waals surface area (Å²) in [5, 5.41) is 24.4. The summed E-state index contributed by atoms with van der Waals surface area (Å²) in [4.78, 5) is 35.3. The quantitative estimate of drug-likeness (QED) is 0.306. The molecule has 7 nitrogen and oxygen atoms in total. The second-order valence-corrected chi connectivity index (χ2v) is 8.98. The lowest BCUT2D eigenvalue weighted by atomic mass is 9.81. The molecule has 1 heterocycles. The van der Waals surface area contributed by atoms with Crippen molar-refractivity contribution in [1.82, 2.24) is 5.32 Å². The van der Waals surface area contributed by atoms with E-state index in [0.717, 1.165) is 10.0 Å². The van der Waals surface area contributed by atoms with Gasteiger partial charge < -0.3 is 5.32 Å². The Balaban J connectivity index is 1.90. The van der Waals surface area contributed by atoms with Gasteiger partial charge >= 0.3 is 0 Å². The van der Waals surface area contributed by atoms with Crippen molar-refractivity contribution >= 4 is 44.9 Å². The highest BCUT2D eigenvalue weighted by atomic mass is 79.9. The number of thioether (sulfide) groups is 1. The average molecular weight is 512 g/mol. The summed E-state index contributed by atoms with van der Waals surface area (Å²) in [5.74, 6) is -0.873. The summed E-state index contributed by atoms with van der Waals surface area (Å²) >= 11 is 4.57. The summed E-state index contributed by atoms with van der Waals surface area (Å²) < 4.78 is 0.881. The van der Waals surface area contributed by atoms with Gasteiger partial charge in [0.1, 0.15) is 0 Å². The zero-order valence-corrected chi connectivity index (χ0v) is 19.6. The number of hydrogen-bond donors (Lipinski definition) is 1. The molecular formula is C23H18BrN3O4S. The van der Waals surface area contributed by atoms with Crippen molar-refractivity contribution in [3.05, 3.63) is 96.1 Å². The number of non-ortho nitro benzene ring substituents is 1. The molecule has 0 spiro atoms. The van der Waals surface area contributed by atoms with Gasteiger partial charge in [0.05, 0.1) is 33.3 Å². The molecule has 2 aromatic rings. The minimum Gasteiger partial charge on any atom is -0.353 e. The number of carbonyl (C=O) groups excluding carboxylic acids is 2. The van der Waals surface area contributed by atoms with Gasteiger partial charge in [-0.3, -0.25) is 19.7 Å². The van der Waals surface area contributed by atoms with Crippen LogP contribution in [-0.4, -0.2) is 22.2 Å². The van der Waals surface area contributed by atoms with Crippen molar-refractivity contribution in [3.63, 3.8) is 0 Å². The Morgan fingerprint density at radius 1 is 1.19 bits per heavy atom. The van der Waals surface area contributed by atoms with Crippen molar-refractivity contribution in [3.8, 4) is 6.07 Å². The lowest BCUT2D eigenvalue weighted by Gasteiger charge is -2.29. The number of ketones is 2. The Hall–Kier alpha value is -3.22. The predicted molar refractivity (Wildman–Crippen MR) is 126 cm³/mol. The first-order valence-corrected chi connectivity index (χ1v) is 11.3. The van der Waals surface area contributed by atoms with Crippen LogP contribution in [0.2, 0.25) is 0 Å². The first-order valence-electron chi connectivity index (χ1n) is 9.51. The molecule has 1 aliphatic rings. The van der Waals surface area contributed by atoms with Crippen LogP contribution in [0, 0.1) is 21.4 Å². The van der Waals surface area contributed by atoms with Crippen molar-refractivity contribution in [2.75, 3.05) is 5.75 Å². The Labute approximate surface area is 197 Å². The van der Waals surface area contributed by atoms with Gasteiger partial charge in [-0.2, -0.15) is 5.26 Å². The largest absolute Gasteiger partial charge is 0.353 e. The molecule has 162 valence electrons. The molecule has 0 amide bonds. The number of rotatable bonds is 7. The molecule has 0 unspecified atom stereocenters. The molecule has 0 radical (unpaired) electrons. The minimum absolute atomic E-state index is 0.0288. The van der Waals surface area contributed by atoms with Crippen LogP contribution in [0.5, 0.6) is 0 Å². The first kappa shape index (κ1) is 23.4. The van der Waals surface area contributed by atoms with Crippen LogP contribution in [-0.2, 0) is 4.79 Å². The van der Waals surface area contributed by atoms with E-state index in [-0.39, 0.29) is 23.0 Å². The maximum absolute atomic E-state index is 12.6. The molecule has 0 saturated carbocycles. The number of nitro benzene ring substituents is 1. The molecule has 1 aliphatic heterocycles. The molecule has 0 saturated heterocycles. The molecule has 0 bridgehead atoms. The molecule has 1 N–H and O–H groups in total. The SMILES string of the molecule is CC(=O)C1=C(C)NC(SCC(=O)c2ccc([N+](=O)[O-])cc2)=C(C#N)[C@H]1c1ccc(Br)cc1. The van der Waals surface area contributed by atoms with Crippen molar-refractivity contribution in [1.29, 1.82) is 5.26 Å². The summed E-state index contributed by atoms with van der Waals surface area (Å²) in [6.07, 6.45) is 0. The molecular weight excluding hydrogens is 494 g/mol. The van der Waals surface area contributed by atoms with E-state index in [4.69, 9.17) is 0 Å². The highest BCUT2D eigenvalue weighted by Crippen LogP contribution is 2.41. The molecule has 0 aliphatic carbocycles. The number of Topliss-reactive ketones (excluding diaryl/α,β-unsaturated/α-hetero) is 2. The van der Waals surface area contributed by atoms with Gasteiger partial charge in [-0.1, -0.05) is 39.8 Å². The molecule has 2 aromatic carbocycles. The fraction of sp³-hybridized carbons (Fsp3) is 0.174. The van der Waals surface area contributed by atoms with Gasteiger partial charge in [0.15, 0.2) is 11.6 Å². The number of nitrogens with zero attached hydrogens (tertiary/aromatic N) is 2. The Morgan fingerprint density at radius 2 is 1.81 bits per heavy atom. The average Bonchev–Trinajstić information content (AvgIpc) is 2.77. The van der Waals surface area contributed by atoms with E-state index in [1.165, 1.54) is 43.0 Å². The van der Waals surface area contributed by atoms with Gasteiger partial charge in [-0.15, -0.1) is 0 Å². The lowest BCUT2D eigenvalue weighted by Crippen LogP contribution is -2.27. The number of dihydropyridines is 1. The number of benzene rings is 2. The third-order valence-corrected chi connectivity index (χ3v) is 6.52. The lowest BCUT2D eigenvalue weighted by molar-refractivity contribution is -0.384. The number of nitriles is 1. The Bertz CT molecular complexity index is 1200. The first-order chi connectivity index (χ1) is 15.2. The Morgan fingerprint density at radius 3 is 2.34 bits per heavy atom. The van der Waals surface area contributed by atoms with Crippen LogP contribution < -0.4 is 5.32 Å². The predicted octanol–water partition coefficient (Wildman–Crippen LogP) is 5.26. The molecule has 0 aromatic heterocycles. The van der Waals surface area contributed by atoms with Gasteiger partial charge in [0.25, 0.3) is 5.69 Å². The van der Waals surface area contributed by atoms with Crippen LogP contribution in [0.25, 0.3) is 0 Å². The highest BCUT2D eigenvalue weighted by molar-refractivity contribution is 9.10. The highest BCUT2D eigenvalue weighted by Gasteiger charge is 2.33. The third kappa shape index (κ3) is 4.98. The minimum atomic E-state index is -0.538. The van der Waals surface area contributed by atoms with Crippen LogP contribution in [0.1, 0.15) is 35.7 Å². The molecule has 0 fully saturated rings. The fourth-order valence-corrected chi connectivity index (χ4v) is 4.72. The second-order valence-electron chi connectivity index (χ2n) is 7.07. The van der Waals surface area contributed by atoms with Crippen LogP contribution in [0.15, 0.2) is 74.9 Å². The number of carbonyl (C=O) groups is 2. The van der Waals surface area contributed by atoms with Crippen molar-refractivity contribution in [2.24, 2.45) is 0 Å². The van der Waals surface area contributed by atoms with E-state index in [9.17, 15) is 25.0 Å². The molecule has 3 rings (SSSR count). The van der Waals surface area contributed by atoms with Crippen LogP contribution >= 0.6 is 27.7 Å². The summed E-state index contributed by atoms with van der Waals surface area (Å²) in [5.41, 5.74) is 2.57. The van der Waals surface area contributed by atoms with E-state index in [1.807, 2.05) is 24.3 Å². The smallest absolute Gasteiger partial charge is 0.269 e. The van der Waals surface area contributed by atoms with Gasteiger partial charge in [-0.05, 0) is 43.7 Å². The maximum atomic E-state index is 12.6. The van der Waals surface area contributed by atoms with E-state index in [2.05, 4.69) is 27.3 Å². The number of allylic oxidation sites excluding steroid dienone is 3.